The normalized spacial score (nSPS) is 10.3. The molecule has 7 heteroatoms. The van der Waals surface area contributed by atoms with E-state index in [2.05, 4.69) is 10.4 Å². The van der Waals surface area contributed by atoms with Crippen LogP contribution in [0.5, 0.6) is 0 Å². The van der Waals surface area contributed by atoms with Gasteiger partial charge in [0.1, 0.15) is 11.4 Å². The van der Waals surface area contributed by atoms with E-state index < -0.39 is 10.8 Å². The average molecular weight is 274 g/mol. The van der Waals surface area contributed by atoms with Crippen molar-refractivity contribution < 1.29 is 9.72 Å². The predicted molar refractivity (Wildman–Crippen MR) is 73.7 cm³/mol. The summed E-state index contributed by atoms with van der Waals surface area (Å²) in [6.07, 6.45) is 1.52. The summed E-state index contributed by atoms with van der Waals surface area (Å²) in [6.45, 7) is 4.16. The number of carbonyl (C=O) groups excluding carboxylic acids is 1. The monoisotopic (exact) mass is 274 g/mol. The number of hydrogen-bond acceptors (Lipinski definition) is 4. The van der Waals surface area contributed by atoms with E-state index >= 15 is 0 Å². The van der Waals surface area contributed by atoms with Crippen molar-refractivity contribution in [2.45, 2.75) is 20.4 Å². The van der Waals surface area contributed by atoms with Crippen LogP contribution in [0.25, 0.3) is 0 Å². The number of anilines is 1. The Morgan fingerprint density at radius 1 is 1.45 bits per heavy atom. The maximum Gasteiger partial charge on any atom is 0.293 e. The molecule has 2 rings (SSSR count). The number of rotatable bonds is 4. The highest BCUT2D eigenvalue weighted by Crippen LogP contribution is 2.25. The van der Waals surface area contributed by atoms with Gasteiger partial charge in [-0.1, -0.05) is 6.07 Å². The van der Waals surface area contributed by atoms with E-state index in [4.69, 9.17) is 0 Å². The summed E-state index contributed by atoms with van der Waals surface area (Å²) < 4.78 is 1.52. The van der Waals surface area contributed by atoms with E-state index in [0.717, 1.165) is 5.56 Å². The highest BCUT2D eigenvalue weighted by Gasteiger charge is 2.18. The second-order valence-corrected chi connectivity index (χ2v) is 4.26. The van der Waals surface area contributed by atoms with E-state index in [0.29, 0.717) is 12.2 Å². The van der Waals surface area contributed by atoms with Gasteiger partial charge in [0.15, 0.2) is 0 Å². The number of amides is 1. The van der Waals surface area contributed by atoms with Gasteiger partial charge in [-0.3, -0.25) is 19.6 Å². The fourth-order valence-electron chi connectivity index (χ4n) is 1.86. The van der Waals surface area contributed by atoms with Crippen molar-refractivity contribution in [2.75, 3.05) is 5.32 Å². The van der Waals surface area contributed by atoms with Crippen LogP contribution in [-0.2, 0) is 6.54 Å². The van der Waals surface area contributed by atoms with Gasteiger partial charge in [0.2, 0.25) is 0 Å². The molecule has 0 aliphatic carbocycles. The van der Waals surface area contributed by atoms with E-state index in [9.17, 15) is 14.9 Å². The molecule has 0 unspecified atom stereocenters. The van der Waals surface area contributed by atoms with Gasteiger partial charge in [-0.05, 0) is 31.5 Å². The summed E-state index contributed by atoms with van der Waals surface area (Å²) in [5.41, 5.74) is 1.17. The number of nitrogens with zero attached hydrogens (tertiary/aromatic N) is 3. The minimum Gasteiger partial charge on any atom is -0.315 e. The van der Waals surface area contributed by atoms with Crippen molar-refractivity contribution in [3.63, 3.8) is 0 Å². The van der Waals surface area contributed by atoms with Crippen molar-refractivity contribution in [2.24, 2.45) is 0 Å². The third-order valence-electron chi connectivity index (χ3n) is 2.85. The number of nitro groups is 1. The molecule has 1 amide bonds. The number of hydrogen-bond donors (Lipinski definition) is 1. The Hall–Kier alpha value is -2.70. The molecule has 20 heavy (non-hydrogen) atoms. The highest BCUT2D eigenvalue weighted by molar-refractivity contribution is 6.04. The molecular weight excluding hydrogens is 260 g/mol. The Morgan fingerprint density at radius 3 is 2.85 bits per heavy atom. The Morgan fingerprint density at radius 2 is 2.20 bits per heavy atom. The predicted octanol–water partition coefficient (Wildman–Crippen LogP) is 2.37. The first-order valence-corrected chi connectivity index (χ1v) is 6.11. The first-order chi connectivity index (χ1) is 9.52. The molecule has 0 spiro atoms. The molecule has 1 aromatic carbocycles. The van der Waals surface area contributed by atoms with Crippen molar-refractivity contribution in [1.29, 1.82) is 0 Å². The summed E-state index contributed by atoms with van der Waals surface area (Å²) in [5, 5.41) is 17.5. The smallest absolute Gasteiger partial charge is 0.293 e. The molecule has 0 saturated carbocycles. The summed E-state index contributed by atoms with van der Waals surface area (Å²) in [4.78, 5) is 22.6. The summed E-state index contributed by atoms with van der Waals surface area (Å²) in [7, 11) is 0. The molecule has 0 aliphatic heterocycles. The molecule has 0 aliphatic rings. The third kappa shape index (κ3) is 2.66. The van der Waals surface area contributed by atoms with Gasteiger partial charge in [0, 0.05) is 18.8 Å². The zero-order valence-electron chi connectivity index (χ0n) is 11.2. The molecule has 1 aromatic heterocycles. The third-order valence-corrected chi connectivity index (χ3v) is 2.85. The minimum atomic E-state index is -0.514. The summed E-state index contributed by atoms with van der Waals surface area (Å²) >= 11 is 0. The zero-order chi connectivity index (χ0) is 14.7. The number of carbonyl (C=O) groups is 1. The van der Waals surface area contributed by atoms with Crippen LogP contribution in [0.15, 0.2) is 30.5 Å². The maximum atomic E-state index is 12.1. The van der Waals surface area contributed by atoms with Crippen molar-refractivity contribution in [3.05, 3.63) is 51.8 Å². The zero-order valence-corrected chi connectivity index (χ0v) is 11.2. The fraction of sp³-hybridized carbons (Fsp3) is 0.231. The van der Waals surface area contributed by atoms with Crippen molar-refractivity contribution >= 4 is 17.3 Å². The highest BCUT2D eigenvalue weighted by atomic mass is 16.6. The van der Waals surface area contributed by atoms with Crippen molar-refractivity contribution in [3.8, 4) is 0 Å². The lowest BCUT2D eigenvalue weighted by atomic mass is 10.2. The van der Waals surface area contributed by atoms with Gasteiger partial charge in [-0.2, -0.15) is 5.10 Å². The van der Waals surface area contributed by atoms with Crippen LogP contribution in [-0.4, -0.2) is 20.6 Å². The number of nitrogens with one attached hydrogen (secondary N) is 1. The number of benzene rings is 1. The maximum absolute atomic E-state index is 12.1. The number of aryl methyl sites for hydroxylation is 2. The van der Waals surface area contributed by atoms with Gasteiger partial charge in [0.05, 0.1) is 4.92 Å². The van der Waals surface area contributed by atoms with Gasteiger partial charge >= 0.3 is 0 Å². The quantitative estimate of drug-likeness (QED) is 0.684. The summed E-state index contributed by atoms with van der Waals surface area (Å²) in [5.74, 6) is -0.420. The van der Waals surface area contributed by atoms with Gasteiger partial charge < -0.3 is 5.32 Å². The lowest BCUT2D eigenvalue weighted by Gasteiger charge is -2.07. The first kappa shape index (κ1) is 13.7. The van der Waals surface area contributed by atoms with Crippen LogP contribution in [0.2, 0.25) is 0 Å². The molecular formula is C13H14N4O3. The second-order valence-electron chi connectivity index (χ2n) is 4.26. The standard InChI is InChI=1S/C13H14N4O3/c1-3-16-11(6-7-14-16)13(18)15-10-5-4-9(2)8-12(10)17(19)20/h4-8H,3H2,1-2H3,(H,15,18). The van der Waals surface area contributed by atoms with E-state index in [1.807, 2.05) is 6.92 Å². The molecule has 2 aromatic rings. The minimum absolute atomic E-state index is 0.124. The van der Waals surface area contributed by atoms with Crippen LogP contribution in [0.1, 0.15) is 23.0 Å². The lowest BCUT2D eigenvalue weighted by Crippen LogP contribution is -2.18. The first-order valence-electron chi connectivity index (χ1n) is 6.11. The van der Waals surface area contributed by atoms with E-state index in [-0.39, 0.29) is 11.4 Å². The van der Waals surface area contributed by atoms with E-state index in [1.54, 1.807) is 19.1 Å². The van der Waals surface area contributed by atoms with Crippen LogP contribution in [0, 0.1) is 17.0 Å². The molecule has 0 bridgehead atoms. The molecule has 0 atom stereocenters. The van der Waals surface area contributed by atoms with Crippen LogP contribution >= 0.6 is 0 Å². The van der Waals surface area contributed by atoms with Crippen LogP contribution in [0.3, 0.4) is 0 Å². The number of nitro benzene ring substituents is 1. The van der Waals surface area contributed by atoms with Gasteiger partial charge in [-0.25, -0.2) is 0 Å². The topological polar surface area (TPSA) is 90.1 Å². The lowest BCUT2D eigenvalue weighted by molar-refractivity contribution is -0.384. The van der Waals surface area contributed by atoms with Gasteiger partial charge in [-0.15, -0.1) is 0 Å². The average Bonchev–Trinajstić information content (AvgIpc) is 2.89. The largest absolute Gasteiger partial charge is 0.315 e. The molecule has 7 nitrogen and oxygen atoms in total. The molecule has 104 valence electrons. The molecule has 1 N–H and O–H groups in total. The van der Waals surface area contributed by atoms with Crippen molar-refractivity contribution in [1.82, 2.24) is 9.78 Å². The molecule has 0 saturated heterocycles. The Balaban J connectivity index is 2.31. The fourth-order valence-corrected chi connectivity index (χ4v) is 1.86. The molecule has 1 heterocycles. The Kier molecular flexibility index (Phi) is 3.79. The summed E-state index contributed by atoms with van der Waals surface area (Å²) in [6, 6.07) is 6.23. The van der Waals surface area contributed by atoms with Crippen LogP contribution < -0.4 is 5.32 Å². The van der Waals surface area contributed by atoms with Crippen LogP contribution in [0.4, 0.5) is 11.4 Å². The number of aromatic nitrogens is 2. The van der Waals surface area contributed by atoms with E-state index in [1.165, 1.54) is 23.0 Å². The molecule has 0 radical (unpaired) electrons. The second kappa shape index (κ2) is 5.52. The SMILES string of the molecule is CCn1nccc1C(=O)Nc1ccc(C)cc1[N+](=O)[O-]. The Bertz CT molecular complexity index is 663. The Labute approximate surface area is 115 Å². The van der Waals surface area contributed by atoms with Gasteiger partial charge in [0.25, 0.3) is 11.6 Å². The molecule has 0 fully saturated rings.